The van der Waals surface area contributed by atoms with Gasteiger partial charge in [0.25, 0.3) is 0 Å². The minimum atomic E-state index is 0. The van der Waals surface area contributed by atoms with Gasteiger partial charge >= 0.3 is 0 Å². The number of ether oxygens (including phenoxy) is 3. The van der Waals surface area contributed by atoms with E-state index >= 15 is 0 Å². The minimum absolute atomic E-state index is 0. The topological polar surface area (TPSA) is 30.9 Å². The first kappa shape index (κ1) is 18.2. The lowest BCUT2D eigenvalue weighted by Gasteiger charge is -2.14. The van der Waals surface area contributed by atoms with E-state index in [2.05, 4.69) is 30.2 Å². The van der Waals surface area contributed by atoms with Crippen molar-refractivity contribution in [2.45, 2.75) is 6.54 Å². The van der Waals surface area contributed by atoms with Gasteiger partial charge in [-0.05, 0) is 30.8 Å². The molecule has 0 atom stereocenters. The Labute approximate surface area is 149 Å². The lowest BCUT2D eigenvalue weighted by Crippen LogP contribution is -2.17. The summed E-state index contributed by atoms with van der Waals surface area (Å²) in [5.41, 5.74) is 2.30. The molecule has 0 aromatic heterocycles. The van der Waals surface area contributed by atoms with Crippen LogP contribution in [-0.4, -0.2) is 32.4 Å². The number of halogens is 1. The summed E-state index contributed by atoms with van der Waals surface area (Å²) in [6.07, 6.45) is 4.24. The Morgan fingerprint density at radius 1 is 1.12 bits per heavy atom. The molecule has 128 valence electrons. The zero-order valence-electron chi connectivity index (χ0n) is 13.9. The summed E-state index contributed by atoms with van der Waals surface area (Å²) in [7, 11) is 3.79. The van der Waals surface area contributed by atoms with E-state index in [1.807, 2.05) is 36.4 Å². The predicted molar refractivity (Wildman–Crippen MR) is 98.2 cm³/mol. The molecule has 0 aliphatic carbocycles. The molecule has 0 N–H and O–H groups in total. The van der Waals surface area contributed by atoms with Crippen molar-refractivity contribution >= 4 is 18.5 Å². The number of benzene rings is 2. The lowest BCUT2D eigenvalue weighted by molar-refractivity contribution is 0.174. The van der Waals surface area contributed by atoms with Crippen LogP contribution in [0.2, 0.25) is 0 Å². The van der Waals surface area contributed by atoms with Gasteiger partial charge in [0.2, 0.25) is 6.79 Å². The first-order valence-electron chi connectivity index (χ1n) is 7.63. The number of para-hydroxylation sites is 1. The number of likely N-dealkylation sites (N-methyl/N-ethyl adjacent to an activating group) is 1. The van der Waals surface area contributed by atoms with E-state index in [9.17, 15) is 0 Å². The van der Waals surface area contributed by atoms with Crippen molar-refractivity contribution in [3.05, 3.63) is 59.7 Å². The maximum atomic E-state index is 5.42. The second kappa shape index (κ2) is 8.62. The van der Waals surface area contributed by atoms with Crippen molar-refractivity contribution in [1.82, 2.24) is 4.90 Å². The van der Waals surface area contributed by atoms with Gasteiger partial charge in [-0.3, -0.25) is 4.90 Å². The van der Waals surface area contributed by atoms with Crippen molar-refractivity contribution in [3.63, 3.8) is 0 Å². The summed E-state index contributed by atoms with van der Waals surface area (Å²) in [5, 5.41) is 0. The molecule has 24 heavy (non-hydrogen) atoms. The van der Waals surface area contributed by atoms with Crippen molar-refractivity contribution in [3.8, 4) is 17.2 Å². The van der Waals surface area contributed by atoms with E-state index in [0.29, 0.717) is 6.79 Å². The van der Waals surface area contributed by atoms with Gasteiger partial charge in [0.1, 0.15) is 5.75 Å². The van der Waals surface area contributed by atoms with Gasteiger partial charge in [-0.15, -0.1) is 12.4 Å². The number of hydrogen-bond acceptors (Lipinski definition) is 4. The first-order chi connectivity index (χ1) is 11.3. The van der Waals surface area contributed by atoms with Crippen LogP contribution in [0.3, 0.4) is 0 Å². The summed E-state index contributed by atoms with van der Waals surface area (Å²) in [4.78, 5) is 2.24. The Morgan fingerprint density at radius 2 is 1.92 bits per heavy atom. The van der Waals surface area contributed by atoms with Gasteiger partial charge in [0.15, 0.2) is 11.5 Å². The molecule has 0 saturated carbocycles. The summed E-state index contributed by atoms with van der Waals surface area (Å²) >= 11 is 0. The molecular weight excluding hydrogens is 326 g/mol. The van der Waals surface area contributed by atoms with Crippen molar-refractivity contribution in [1.29, 1.82) is 0 Å². The van der Waals surface area contributed by atoms with Gasteiger partial charge in [0.05, 0.1) is 7.11 Å². The van der Waals surface area contributed by atoms with Gasteiger partial charge in [-0.1, -0.05) is 36.4 Å². The van der Waals surface area contributed by atoms with Crippen LogP contribution in [-0.2, 0) is 6.54 Å². The van der Waals surface area contributed by atoms with Crippen LogP contribution >= 0.6 is 12.4 Å². The minimum Gasteiger partial charge on any atom is -0.496 e. The standard InChI is InChI=1S/C19H21NO3.ClH/c1-20(11-5-7-16-6-3-4-8-17(16)21-2)13-15-9-10-18-19(12-15)23-14-22-18;/h3-10,12H,11,13-14H2,1-2H3;1H/b7-5+;. The third kappa shape index (κ3) is 4.43. The zero-order valence-corrected chi connectivity index (χ0v) is 14.7. The monoisotopic (exact) mass is 347 g/mol. The van der Waals surface area contributed by atoms with Gasteiger partial charge in [0, 0.05) is 18.7 Å². The van der Waals surface area contributed by atoms with Crippen molar-refractivity contribution in [2.75, 3.05) is 27.5 Å². The molecule has 0 amide bonds. The van der Waals surface area contributed by atoms with Crippen LogP contribution in [0.25, 0.3) is 6.08 Å². The fourth-order valence-corrected chi connectivity index (χ4v) is 2.58. The number of nitrogens with zero attached hydrogens (tertiary/aromatic N) is 1. The Morgan fingerprint density at radius 3 is 2.75 bits per heavy atom. The second-order valence-corrected chi connectivity index (χ2v) is 5.53. The van der Waals surface area contributed by atoms with Gasteiger partial charge < -0.3 is 14.2 Å². The molecule has 2 aromatic carbocycles. The second-order valence-electron chi connectivity index (χ2n) is 5.53. The smallest absolute Gasteiger partial charge is 0.231 e. The van der Waals surface area contributed by atoms with E-state index in [1.165, 1.54) is 5.56 Å². The molecule has 2 aromatic rings. The van der Waals surface area contributed by atoms with Crippen molar-refractivity contribution < 1.29 is 14.2 Å². The van der Waals surface area contributed by atoms with Crippen LogP contribution in [0.5, 0.6) is 17.2 Å². The summed E-state index contributed by atoms with van der Waals surface area (Å²) in [5.74, 6) is 2.55. The largest absolute Gasteiger partial charge is 0.496 e. The highest BCUT2D eigenvalue weighted by atomic mass is 35.5. The van der Waals surface area contributed by atoms with E-state index in [0.717, 1.165) is 35.9 Å². The normalized spacial score (nSPS) is 12.5. The van der Waals surface area contributed by atoms with Crippen LogP contribution < -0.4 is 14.2 Å². The number of hydrogen-bond donors (Lipinski definition) is 0. The Balaban J connectivity index is 0.00000208. The Kier molecular flexibility index (Phi) is 6.53. The molecule has 1 aliphatic heterocycles. The molecule has 0 spiro atoms. The van der Waals surface area contributed by atoms with E-state index < -0.39 is 0 Å². The highest BCUT2D eigenvalue weighted by Crippen LogP contribution is 2.32. The molecule has 1 heterocycles. The highest BCUT2D eigenvalue weighted by Gasteiger charge is 2.13. The third-order valence-corrected chi connectivity index (χ3v) is 3.74. The van der Waals surface area contributed by atoms with Crippen molar-refractivity contribution in [2.24, 2.45) is 0 Å². The van der Waals surface area contributed by atoms with Gasteiger partial charge in [-0.2, -0.15) is 0 Å². The molecule has 0 bridgehead atoms. The number of methoxy groups -OCH3 is 1. The van der Waals surface area contributed by atoms with Crippen LogP contribution in [0.1, 0.15) is 11.1 Å². The summed E-state index contributed by atoms with van der Waals surface area (Å²) < 4.78 is 16.1. The SMILES string of the molecule is COc1ccccc1/C=C/CN(C)Cc1ccc2c(c1)OCO2.Cl. The molecule has 0 fully saturated rings. The first-order valence-corrected chi connectivity index (χ1v) is 7.63. The summed E-state index contributed by atoms with van der Waals surface area (Å²) in [6, 6.07) is 14.1. The number of rotatable bonds is 6. The average molecular weight is 348 g/mol. The molecule has 5 heteroatoms. The summed E-state index contributed by atoms with van der Waals surface area (Å²) in [6.45, 7) is 2.02. The van der Waals surface area contributed by atoms with Crippen LogP contribution in [0.4, 0.5) is 0 Å². The third-order valence-electron chi connectivity index (χ3n) is 3.74. The van der Waals surface area contributed by atoms with E-state index in [4.69, 9.17) is 14.2 Å². The lowest BCUT2D eigenvalue weighted by atomic mass is 10.1. The van der Waals surface area contributed by atoms with E-state index in [1.54, 1.807) is 7.11 Å². The Hall–Kier alpha value is -2.17. The van der Waals surface area contributed by atoms with E-state index in [-0.39, 0.29) is 12.4 Å². The number of fused-ring (bicyclic) bond motifs is 1. The van der Waals surface area contributed by atoms with Gasteiger partial charge in [-0.25, -0.2) is 0 Å². The average Bonchev–Trinajstić information content (AvgIpc) is 3.03. The van der Waals surface area contributed by atoms with Crippen LogP contribution in [0.15, 0.2) is 48.5 Å². The molecular formula is C19H22ClNO3. The molecule has 0 saturated heterocycles. The highest BCUT2D eigenvalue weighted by molar-refractivity contribution is 5.85. The fourth-order valence-electron chi connectivity index (χ4n) is 2.58. The maximum Gasteiger partial charge on any atom is 0.231 e. The Bertz CT molecular complexity index is 703. The predicted octanol–water partition coefficient (Wildman–Crippen LogP) is 3.99. The molecule has 3 rings (SSSR count). The zero-order chi connectivity index (χ0) is 16.1. The molecule has 0 radical (unpaired) electrons. The maximum absolute atomic E-state index is 5.42. The fraction of sp³-hybridized carbons (Fsp3) is 0.263. The van der Waals surface area contributed by atoms with Crippen LogP contribution in [0, 0.1) is 0 Å². The molecule has 0 unspecified atom stereocenters. The molecule has 1 aliphatic rings. The molecule has 4 nitrogen and oxygen atoms in total. The quantitative estimate of drug-likeness (QED) is 0.790.